The minimum Gasteiger partial charge on any atom is -0.487 e. The van der Waals surface area contributed by atoms with Gasteiger partial charge in [0.25, 0.3) is 0 Å². The molecule has 1 heterocycles. The van der Waals surface area contributed by atoms with Gasteiger partial charge in [-0.3, -0.25) is 4.98 Å². The van der Waals surface area contributed by atoms with Crippen molar-refractivity contribution in [1.29, 1.82) is 0 Å². The summed E-state index contributed by atoms with van der Waals surface area (Å²) in [6, 6.07) is 10.2. The van der Waals surface area contributed by atoms with Crippen molar-refractivity contribution in [3.05, 3.63) is 36.5 Å². The monoisotopic (exact) mass is 319 g/mol. The van der Waals surface area contributed by atoms with Gasteiger partial charge in [0, 0.05) is 21.8 Å². The van der Waals surface area contributed by atoms with Gasteiger partial charge in [-0.2, -0.15) is 0 Å². The molecule has 0 amide bonds. The summed E-state index contributed by atoms with van der Waals surface area (Å²) in [4.78, 5) is 5.00. The molecule has 1 saturated carbocycles. The highest BCUT2D eigenvalue weighted by molar-refractivity contribution is 9.09. The molecule has 19 heavy (non-hydrogen) atoms. The van der Waals surface area contributed by atoms with E-state index in [0.717, 1.165) is 29.5 Å². The second-order valence-electron chi connectivity index (χ2n) is 5.50. The highest BCUT2D eigenvalue weighted by Crippen LogP contribution is 2.50. The second-order valence-corrected chi connectivity index (χ2v) is 6.61. The van der Waals surface area contributed by atoms with Crippen LogP contribution in [0.4, 0.5) is 0 Å². The van der Waals surface area contributed by atoms with Crippen molar-refractivity contribution < 1.29 is 4.74 Å². The molecule has 0 radical (unpaired) electrons. The summed E-state index contributed by atoms with van der Waals surface area (Å²) < 4.78 is 6.25. The Labute approximate surface area is 122 Å². The number of rotatable bonds is 3. The molecule has 1 aliphatic carbocycles. The van der Waals surface area contributed by atoms with Crippen LogP contribution in [0.5, 0.6) is 5.75 Å². The van der Waals surface area contributed by atoms with Crippen molar-refractivity contribution >= 4 is 26.8 Å². The van der Waals surface area contributed by atoms with Crippen LogP contribution in [0, 0.1) is 5.41 Å². The van der Waals surface area contributed by atoms with Crippen LogP contribution >= 0.6 is 15.9 Å². The molecular formula is C16H18BrNO. The van der Waals surface area contributed by atoms with E-state index in [2.05, 4.69) is 46.9 Å². The third-order valence-electron chi connectivity index (χ3n) is 4.50. The van der Waals surface area contributed by atoms with Crippen LogP contribution in [0.2, 0.25) is 0 Å². The van der Waals surface area contributed by atoms with Crippen molar-refractivity contribution in [2.24, 2.45) is 5.41 Å². The van der Waals surface area contributed by atoms with Gasteiger partial charge in [0.1, 0.15) is 17.4 Å². The van der Waals surface area contributed by atoms with Gasteiger partial charge in [-0.05, 0) is 25.0 Å². The number of benzene rings is 1. The van der Waals surface area contributed by atoms with Crippen LogP contribution in [0.25, 0.3) is 10.9 Å². The number of aromatic nitrogens is 1. The molecule has 0 saturated heterocycles. The Kier molecular flexibility index (Phi) is 3.25. The molecule has 3 atom stereocenters. The largest absolute Gasteiger partial charge is 0.487 e. The molecule has 1 aliphatic rings. The fourth-order valence-electron chi connectivity index (χ4n) is 2.72. The first kappa shape index (κ1) is 12.9. The molecule has 100 valence electrons. The van der Waals surface area contributed by atoms with Crippen LogP contribution < -0.4 is 4.74 Å². The van der Waals surface area contributed by atoms with E-state index >= 15 is 0 Å². The van der Waals surface area contributed by atoms with Crippen molar-refractivity contribution in [2.75, 3.05) is 0 Å². The fraction of sp³-hybridized carbons (Fsp3) is 0.438. The molecule has 0 spiro atoms. The van der Waals surface area contributed by atoms with E-state index in [0.29, 0.717) is 4.83 Å². The summed E-state index contributed by atoms with van der Waals surface area (Å²) in [5.74, 6) is 0.905. The lowest BCUT2D eigenvalue weighted by molar-refractivity contribution is -0.0234. The SMILES string of the molecule is CCC1(C)C(Br)CC1Oc1cccc2cccnc12. The zero-order chi connectivity index (χ0) is 13.5. The lowest BCUT2D eigenvalue weighted by Crippen LogP contribution is -2.54. The Balaban J connectivity index is 1.91. The predicted molar refractivity (Wildman–Crippen MR) is 81.9 cm³/mol. The number of hydrogen-bond donors (Lipinski definition) is 0. The summed E-state index contributed by atoms with van der Waals surface area (Å²) in [5, 5.41) is 1.13. The van der Waals surface area contributed by atoms with E-state index < -0.39 is 0 Å². The minimum atomic E-state index is 0.219. The standard InChI is InChI=1S/C16H18BrNO/c1-3-16(2)13(17)10-14(16)19-12-8-4-6-11-7-5-9-18-15(11)12/h4-9,13-14H,3,10H2,1-2H3. The van der Waals surface area contributed by atoms with Gasteiger partial charge in [-0.1, -0.05) is 48.0 Å². The minimum absolute atomic E-state index is 0.219. The van der Waals surface area contributed by atoms with Crippen molar-refractivity contribution in [3.8, 4) is 5.75 Å². The summed E-state index contributed by atoms with van der Waals surface area (Å²) in [6.07, 6.45) is 4.27. The molecule has 2 aromatic rings. The number of para-hydroxylation sites is 1. The maximum Gasteiger partial charge on any atom is 0.145 e. The fourth-order valence-corrected chi connectivity index (χ4v) is 3.68. The molecule has 3 unspecified atom stereocenters. The molecule has 2 nitrogen and oxygen atoms in total. The number of ether oxygens (including phenoxy) is 1. The van der Waals surface area contributed by atoms with E-state index in [4.69, 9.17) is 4.74 Å². The highest BCUT2D eigenvalue weighted by atomic mass is 79.9. The Morgan fingerprint density at radius 2 is 2.16 bits per heavy atom. The maximum absolute atomic E-state index is 6.25. The van der Waals surface area contributed by atoms with E-state index in [9.17, 15) is 0 Å². The first-order valence-corrected chi connectivity index (χ1v) is 7.71. The highest BCUT2D eigenvalue weighted by Gasteiger charge is 2.51. The molecular weight excluding hydrogens is 302 g/mol. The normalized spacial score (nSPS) is 30.1. The van der Waals surface area contributed by atoms with Gasteiger partial charge < -0.3 is 4.74 Å². The number of fused-ring (bicyclic) bond motifs is 1. The molecule has 1 aromatic heterocycles. The molecule has 1 fully saturated rings. The van der Waals surface area contributed by atoms with Gasteiger partial charge in [-0.25, -0.2) is 0 Å². The van der Waals surface area contributed by atoms with Crippen molar-refractivity contribution in [2.45, 2.75) is 37.6 Å². The topological polar surface area (TPSA) is 22.1 Å². The zero-order valence-electron chi connectivity index (χ0n) is 11.3. The maximum atomic E-state index is 6.25. The number of nitrogens with zero attached hydrogens (tertiary/aromatic N) is 1. The smallest absolute Gasteiger partial charge is 0.145 e. The third kappa shape index (κ3) is 2.04. The molecule has 1 aromatic carbocycles. The third-order valence-corrected chi connectivity index (χ3v) is 5.92. The first-order chi connectivity index (χ1) is 9.15. The lowest BCUT2D eigenvalue weighted by Gasteiger charge is -2.50. The van der Waals surface area contributed by atoms with E-state index in [1.165, 1.54) is 0 Å². The Morgan fingerprint density at radius 3 is 2.89 bits per heavy atom. The van der Waals surface area contributed by atoms with Gasteiger partial charge in [-0.15, -0.1) is 0 Å². The van der Waals surface area contributed by atoms with Crippen LogP contribution in [-0.4, -0.2) is 15.9 Å². The molecule has 3 heteroatoms. The first-order valence-electron chi connectivity index (χ1n) is 6.79. The molecule has 0 N–H and O–H groups in total. The van der Waals surface area contributed by atoms with Gasteiger partial charge in [0.05, 0.1) is 0 Å². The number of pyridine rings is 1. The zero-order valence-corrected chi connectivity index (χ0v) is 12.9. The second kappa shape index (κ2) is 4.78. The summed E-state index contributed by atoms with van der Waals surface area (Å²) in [6.45, 7) is 4.52. The number of hydrogen-bond acceptors (Lipinski definition) is 2. The van der Waals surface area contributed by atoms with Gasteiger partial charge >= 0.3 is 0 Å². The van der Waals surface area contributed by atoms with Gasteiger partial charge in [0.2, 0.25) is 0 Å². The molecule has 3 rings (SSSR count). The average Bonchev–Trinajstić information content (AvgIpc) is 2.46. The Bertz CT molecular complexity index is 595. The van der Waals surface area contributed by atoms with Crippen molar-refractivity contribution in [3.63, 3.8) is 0 Å². The van der Waals surface area contributed by atoms with Gasteiger partial charge in [0.15, 0.2) is 0 Å². The van der Waals surface area contributed by atoms with E-state index in [-0.39, 0.29) is 11.5 Å². The number of alkyl halides is 1. The van der Waals surface area contributed by atoms with Crippen LogP contribution in [0.1, 0.15) is 26.7 Å². The van der Waals surface area contributed by atoms with Crippen LogP contribution in [-0.2, 0) is 0 Å². The van der Waals surface area contributed by atoms with Crippen LogP contribution in [0.15, 0.2) is 36.5 Å². The van der Waals surface area contributed by atoms with Crippen molar-refractivity contribution in [1.82, 2.24) is 4.98 Å². The summed E-state index contributed by atoms with van der Waals surface area (Å²) in [7, 11) is 0. The Hall–Kier alpha value is -1.09. The van der Waals surface area contributed by atoms with E-state index in [1.807, 2.05) is 24.4 Å². The predicted octanol–water partition coefficient (Wildman–Crippen LogP) is 4.57. The van der Waals surface area contributed by atoms with Crippen LogP contribution in [0.3, 0.4) is 0 Å². The molecule has 0 aliphatic heterocycles. The average molecular weight is 320 g/mol. The summed E-state index contributed by atoms with van der Waals surface area (Å²) >= 11 is 3.75. The quantitative estimate of drug-likeness (QED) is 0.773. The van der Waals surface area contributed by atoms with E-state index in [1.54, 1.807) is 0 Å². The summed E-state index contributed by atoms with van der Waals surface area (Å²) in [5.41, 5.74) is 1.18. The number of halogens is 1. The lowest BCUT2D eigenvalue weighted by atomic mass is 9.65. The Morgan fingerprint density at radius 1 is 1.37 bits per heavy atom. The molecule has 0 bridgehead atoms.